The fourth-order valence-corrected chi connectivity index (χ4v) is 2.40. The summed E-state index contributed by atoms with van der Waals surface area (Å²) in [5.41, 5.74) is 6.01. The molecule has 2 N–H and O–H groups in total. The van der Waals surface area contributed by atoms with Gasteiger partial charge in [-0.2, -0.15) is 0 Å². The van der Waals surface area contributed by atoms with Crippen LogP contribution in [-0.4, -0.2) is 15.6 Å². The van der Waals surface area contributed by atoms with Crippen LogP contribution in [0.4, 0.5) is 0 Å². The molecule has 0 aromatic carbocycles. The molecular weight excluding hydrogens is 174 g/mol. The summed E-state index contributed by atoms with van der Waals surface area (Å²) >= 11 is 0. The molecule has 0 saturated heterocycles. The molecule has 3 heteroatoms. The minimum Gasteiger partial charge on any atom is -0.338 e. The third kappa shape index (κ3) is 1.69. The smallest absolute Gasteiger partial charge is 0.108 e. The summed E-state index contributed by atoms with van der Waals surface area (Å²) in [6.45, 7) is 2.27. The average Bonchev–Trinajstić information content (AvgIpc) is 2.68. The second-order valence-corrected chi connectivity index (χ2v) is 4.52. The summed E-state index contributed by atoms with van der Waals surface area (Å²) in [6, 6.07) is 0.403. The van der Waals surface area contributed by atoms with Crippen LogP contribution in [0, 0.1) is 11.8 Å². The molecule has 3 atom stereocenters. The van der Waals surface area contributed by atoms with E-state index in [1.54, 1.807) is 0 Å². The van der Waals surface area contributed by atoms with Gasteiger partial charge < -0.3 is 10.3 Å². The molecule has 1 aliphatic rings. The predicted molar refractivity (Wildman–Crippen MR) is 56.8 cm³/mol. The van der Waals surface area contributed by atoms with E-state index in [9.17, 15) is 0 Å². The second-order valence-electron chi connectivity index (χ2n) is 4.52. The number of aromatic nitrogens is 2. The summed E-state index contributed by atoms with van der Waals surface area (Å²) in [5, 5.41) is 0. The highest BCUT2D eigenvalue weighted by Crippen LogP contribution is 2.32. The highest BCUT2D eigenvalue weighted by Gasteiger charge is 2.30. The van der Waals surface area contributed by atoms with Gasteiger partial charge in [-0.1, -0.05) is 6.92 Å². The molecule has 1 aliphatic carbocycles. The Morgan fingerprint density at radius 3 is 2.86 bits per heavy atom. The van der Waals surface area contributed by atoms with Gasteiger partial charge in [0.05, 0.1) is 0 Å². The largest absolute Gasteiger partial charge is 0.338 e. The third-order valence-corrected chi connectivity index (χ3v) is 3.66. The van der Waals surface area contributed by atoms with E-state index < -0.39 is 0 Å². The van der Waals surface area contributed by atoms with E-state index in [-0.39, 0.29) is 0 Å². The Morgan fingerprint density at radius 2 is 2.36 bits per heavy atom. The predicted octanol–water partition coefficient (Wildman–Crippen LogP) is 1.34. The van der Waals surface area contributed by atoms with Gasteiger partial charge in [0.15, 0.2) is 0 Å². The van der Waals surface area contributed by atoms with Gasteiger partial charge >= 0.3 is 0 Å². The van der Waals surface area contributed by atoms with Crippen LogP contribution in [0.15, 0.2) is 12.4 Å². The van der Waals surface area contributed by atoms with Crippen molar-refractivity contribution in [1.82, 2.24) is 9.55 Å². The first-order valence-electron chi connectivity index (χ1n) is 5.40. The Morgan fingerprint density at radius 1 is 1.57 bits per heavy atom. The van der Waals surface area contributed by atoms with Crippen molar-refractivity contribution in [3.05, 3.63) is 18.2 Å². The maximum absolute atomic E-state index is 6.01. The van der Waals surface area contributed by atoms with Crippen molar-refractivity contribution in [3.8, 4) is 0 Å². The van der Waals surface area contributed by atoms with Gasteiger partial charge in [-0.05, 0) is 24.7 Å². The average molecular weight is 193 g/mol. The first-order valence-corrected chi connectivity index (χ1v) is 5.40. The number of nitrogens with zero attached hydrogens (tertiary/aromatic N) is 2. The molecule has 0 spiro atoms. The lowest BCUT2D eigenvalue weighted by molar-refractivity contribution is 0.381. The number of rotatable bonds is 2. The van der Waals surface area contributed by atoms with E-state index in [1.165, 1.54) is 18.7 Å². The SMILES string of the molecule is CC1C(N)CCC1Cc1nccn1C. The van der Waals surface area contributed by atoms with Crippen LogP contribution in [-0.2, 0) is 13.5 Å². The Hall–Kier alpha value is -0.830. The van der Waals surface area contributed by atoms with Crippen LogP contribution in [0.5, 0.6) is 0 Å². The molecule has 1 fully saturated rings. The van der Waals surface area contributed by atoms with E-state index in [1.807, 2.05) is 12.4 Å². The molecule has 0 radical (unpaired) electrons. The molecule has 0 aliphatic heterocycles. The molecule has 0 amide bonds. The molecule has 1 heterocycles. The summed E-state index contributed by atoms with van der Waals surface area (Å²) in [6.07, 6.45) is 7.40. The van der Waals surface area contributed by atoms with Crippen LogP contribution < -0.4 is 5.73 Å². The number of hydrogen-bond acceptors (Lipinski definition) is 2. The molecule has 3 nitrogen and oxygen atoms in total. The quantitative estimate of drug-likeness (QED) is 0.770. The lowest BCUT2D eigenvalue weighted by Crippen LogP contribution is -2.26. The highest BCUT2D eigenvalue weighted by atomic mass is 15.0. The zero-order chi connectivity index (χ0) is 10.1. The van der Waals surface area contributed by atoms with Crippen molar-refractivity contribution in [3.63, 3.8) is 0 Å². The topological polar surface area (TPSA) is 43.8 Å². The van der Waals surface area contributed by atoms with E-state index in [0.29, 0.717) is 12.0 Å². The number of hydrogen-bond donors (Lipinski definition) is 1. The number of aryl methyl sites for hydroxylation is 1. The molecule has 1 aromatic heterocycles. The van der Waals surface area contributed by atoms with Crippen molar-refractivity contribution in [2.75, 3.05) is 0 Å². The third-order valence-electron chi connectivity index (χ3n) is 3.66. The van der Waals surface area contributed by atoms with Crippen LogP contribution in [0.25, 0.3) is 0 Å². The Balaban J connectivity index is 2.02. The Kier molecular flexibility index (Phi) is 2.59. The standard InChI is InChI=1S/C11H19N3/c1-8-9(3-4-10(8)12)7-11-13-5-6-14(11)2/h5-6,8-10H,3-4,7,12H2,1-2H3. The van der Waals surface area contributed by atoms with Crippen LogP contribution in [0.1, 0.15) is 25.6 Å². The maximum atomic E-state index is 6.01. The maximum Gasteiger partial charge on any atom is 0.108 e. The van der Waals surface area contributed by atoms with Crippen molar-refractivity contribution >= 4 is 0 Å². The van der Waals surface area contributed by atoms with Gasteiger partial charge in [0.1, 0.15) is 5.82 Å². The van der Waals surface area contributed by atoms with Crippen molar-refractivity contribution in [2.45, 2.75) is 32.2 Å². The van der Waals surface area contributed by atoms with E-state index in [0.717, 1.165) is 12.3 Å². The molecule has 3 unspecified atom stereocenters. The number of imidazole rings is 1. The normalized spacial score (nSPS) is 32.4. The van der Waals surface area contributed by atoms with E-state index >= 15 is 0 Å². The van der Waals surface area contributed by atoms with Crippen molar-refractivity contribution in [2.24, 2.45) is 24.6 Å². The molecule has 0 bridgehead atoms. The summed E-state index contributed by atoms with van der Waals surface area (Å²) < 4.78 is 2.11. The van der Waals surface area contributed by atoms with Crippen molar-refractivity contribution in [1.29, 1.82) is 0 Å². The number of nitrogens with two attached hydrogens (primary N) is 1. The summed E-state index contributed by atoms with van der Waals surface area (Å²) in [5.74, 6) is 2.56. The zero-order valence-corrected chi connectivity index (χ0v) is 8.98. The summed E-state index contributed by atoms with van der Waals surface area (Å²) in [7, 11) is 2.06. The van der Waals surface area contributed by atoms with Gasteiger partial charge in [0, 0.05) is 31.9 Å². The molecule has 1 aromatic rings. The van der Waals surface area contributed by atoms with Crippen LogP contribution >= 0.6 is 0 Å². The fourth-order valence-electron chi connectivity index (χ4n) is 2.40. The molecule has 78 valence electrons. The Labute approximate surface area is 85.3 Å². The first-order chi connectivity index (χ1) is 6.68. The monoisotopic (exact) mass is 193 g/mol. The highest BCUT2D eigenvalue weighted by molar-refractivity contribution is 4.96. The molecular formula is C11H19N3. The van der Waals surface area contributed by atoms with Crippen molar-refractivity contribution < 1.29 is 0 Å². The van der Waals surface area contributed by atoms with Gasteiger partial charge in [0.2, 0.25) is 0 Å². The lowest BCUT2D eigenvalue weighted by atomic mass is 9.93. The molecule has 1 saturated carbocycles. The minimum atomic E-state index is 0.403. The first kappa shape index (κ1) is 9.71. The minimum absolute atomic E-state index is 0.403. The van der Waals surface area contributed by atoms with Crippen LogP contribution in [0.3, 0.4) is 0 Å². The van der Waals surface area contributed by atoms with Gasteiger partial charge in [0.25, 0.3) is 0 Å². The fraction of sp³-hybridized carbons (Fsp3) is 0.727. The second kappa shape index (κ2) is 3.73. The van der Waals surface area contributed by atoms with Gasteiger partial charge in [-0.3, -0.25) is 0 Å². The Bertz CT molecular complexity index is 305. The lowest BCUT2D eigenvalue weighted by Gasteiger charge is -2.17. The summed E-state index contributed by atoms with van der Waals surface area (Å²) in [4.78, 5) is 4.36. The molecule has 2 rings (SSSR count). The van der Waals surface area contributed by atoms with Crippen LogP contribution in [0.2, 0.25) is 0 Å². The van der Waals surface area contributed by atoms with E-state index in [2.05, 4.69) is 23.5 Å². The van der Waals surface area contributed by atoms with E-state index in [4.69, 9.17) is 5.73 Å². The zero-order valence-electron chi connectivity index (χ0n) is 8.98. The van der Waals surface area contributed by atoms with Gasteiger partial charge in [-0.15, -0.1) is 0 Å². The molecule has 14 heavy (non-hydrogen) atoms. The van der Waals surface area contributed by atoms with Gasteiger partial charge in [-0.25, -0.2) is 4.98 Å².